The fourth-order valence-electron chi connectivity index (χ4n) is 12.9. The Bertz CT molecular complexity index is 738. The minimum atomic E-state index is 0.403. The van der Waals surface area contributed by atoms with Gasteiger partial charge in [-0.2, -0.15) is 0 Å². The molecule has 31 heavy (non-hydrogen) atoms. The van der Waals surface area contributed by atoms with Gasteiger partial charge in [-0.1, -0.05) is 96.9 Å². The number of rotatable bonds is 0. The molecule has 2 unspecified atom stereocenters. The van der Waals surface area contributed by atoms with Crippen molar-refractivity contribution in [1.29, 1.82) is 0 Å². The van der Waals surface area contributed by atoms with Crippen molar-refractivity contribution in [2.75, 3.05) is 0 Å². The lowest BCUT2D eigenvalue weighted by Crippen LogP contribution is -2.74. The zero-order valence-corrected chi connectivity index (χ0v) is 23.7. The first-order chi connectivity index (χ1) is 14.0. The van der Waals surface area contributed by atoms with Gasteiger partial charge >= 0.3 is 0 Å². The molecule has 4 rings (SSSR count). The summed E-state index contributed by atoms with van der Waals surface area (Å²) in [5, 5.41) is 0. The van der Waals surface area contributed by atoms with Gasteiger partial charge in [0.15, 0.2) is 0 Å². The van der Waals surface area contributed by atoms with Gasteiger partial charge in [0.2, 0.25) is 0 Å². The van der Waals surface area contributed by atoms with Crippen LogP contribution < -0.4 is 0 Å². The Hall–Kier alpha value is 0. The van der Waals surface area contributed by atoms with Gasteiger partial charge in [-0.05, 0) is 99.1 Å². The van der Waals surface area contributed by atoms with E-state index >= 15 is 0 Å². The maximum atomic E-state index is 2.80. The molecule has 0 bridgehead atoms. The van der Waals surface area contributed by atoms with E-state index in [4.69, 9.17) is 0 Å². The second-order valence-electron chi connectivity index (χ2n) is 15.0. The van der Waals surface area contributed by atoms with E-state index in [9.17, 15) is 0 Å². The van der Waals surface area contributed by atoms with Gasteiger partial charge in [0.25, 0.3) is 0 Å². The minimum absolute atomic E-state index is 0.403. The van der Waals surface area contributed by atoms with E-state index in [1.54, 1.807) is 0 Å². The van der Waals surface area contributed by atoms with E-state index in [0.717, 1.165) is 59.2 Å². The van der Waals surface area contributed by atoms with Gasteiger partial charge in [-0.3, -0.25) is 0 Å². The average molecular weight is 429 g/mol. The summed E-state index contributed by atoms with van der Waals surface area (Å²) < 4.78 is 0. The van der Waals surface area contributed by atoms with Crippen LogP contribution in [0, 0.1) is 86.3 Å². The Morgan fingerprint density at radius 1 is 0.516 bits per heavy atom. The van der Waals surface area contributed by atoms with Crippen LogP contribution in [0.3, 0.4) is 0 Å². The van der Waals surface area contributed by atoms with Crippen molar-refractivity contribution >= 4 is 0 Å². The van der Waals surface area contributed by atoms with Crippen molar-refractivity contribution in [1.82, 2.24) is 0 Å². The maximum Gasteiger partial charge on any atom is -0.0181 e. The van der Waals surface area contributed by atoms with Crippen LogP contribution in [0.15, 0.2) is 0 Å². The van der Waals surface area contributed by atoms with Crippen molar-refractivity contribution in [3.05, 3.63) is 0 Å². The zero-order chi connectivity index (χ0) is 23.7. The molecule has 4 fully saturated rings. The van der Waals surface area contributed by atoms with Crippen LogP contribution >= 0.6 is 0 Å². The molecule has 0 amide bonds. The molecule has 0 radical (unpaired) electrons. The van der Waals surface area contributed by atoms with Crippen LogP contribution in [0.25, 0.3) is 0 Å². The molecule has 0 saturated heterocycles. The Morgan fingerprint density at radius 2 is 1.03 bits per heavy atom. The second-order valence-corrected chi connectivity index (χ2v) is 15.0. The molecule has 4 aliphatic carbocycles. The smallest absolute Gasteiger partial charge is 0.0181 e. The standard InChI is InChI=1S/C31H56/c1-17-15-18(2)29(12)26-21(5)24(8)30(13)23(7)20(4)25(9)31(30,14)27(26,10)16-19(3)28(29,11)22(17)6/h17-26H,15-16H2,1-14H3/t17-,18+,19+,20+,21?,22-,23-,24+,25+,26?,27+,28+,29+,30-,31+/m0/s1. The Kier molecular flexibility index (Phi) is 5.11. The fraction of sp³-hybridized carbons (Fsp3) is 1.00. The van der Waals surface area contributed by atoms with Crippen molar-refractivity contribution in [3.8, 4) is 0 Å². The molecular weight excluding hydrogens is 372 g/mol. The third-order valence-electron chi connectivity index (χ3n) is 15.8. The summed E-state index contributed by atoms with van der Waals surface area (Å²) in [6, 6.07) is 0. The molecule has 0 aromatic carbocycles. The largest absolute Gasteiger partial charge is 0.0622 e. The predicted octanol–water partition coefficient (Wildman–Crippen LogP) is 9.19. The second kappa shape index (κ2) is 6.56. The molecular formula is C31H56. The minimum Gasteiger partial charge on any atom is -0.0622 e. The first-order valence-electron chi connectivity index (χ1n) is 14.0. The highest BCUT2D eigenvalue weighted by atomic mass is 14.8. The van der Waals surface area contributed by atoms with E-state index in [0.29, 0.717) is 27.1 Å². The zero-order valence-electron chi connectivity index (χ0n) is 23.7. The Morgan fingerprint density at radius 3 is 1.58 bits per heavy atom. The van der Waals surface area contributed by atoms with Gasteiger partial charge < -0.3 is 0 Å². The van der Waals surface area contributed by atoms with Gasteiger partial charge in [0.1, 0.15) is 0 Å². The molecule has 0 nitrogen and oxygen atoms in total. The molecule has 4 saturated carbocycles. The molecule has 0 N–H and O–H groups in total. The third kappa shape index (κ3) is 2.17. The topological polar surface area (TPSA) is 0 Å². The monoisotopic (exact) mass is 428 g/mol. The Balaban J connectivity index is 2.01. The molecule has 0 heterocycles. The highest BCUT2D eigenvalue weighted by Gasteiger charge is 2.79. The third-order valence-corrected chi connectivity index (χ3v) is 15.8. The van der Waals surface area contributed by atoms with Gasteiger partial charge in [-0.25, -0.2) is 0 Å². The van der Waals surface area contributed by atoms with Crippen molar-refractivity contribution in [3.63, 3.8) is 0 Å². The summed E-state index contributed by atoms with van der Waals surface area (Å²) in [5.74, 6) is 8.09. The van der Waals surface area contributed by atoms with Crippen molar-refractivity contribution < 1.29 is 0 Å². The van der Waals surface area contributed by atoms with E-state index in [1.807, 2.05) is 0 Å². The molecule has 0 aromatic rings. The van der Waals surface area contributed by atoms with E-state index < -0.39 is 0 Å². The van der Waals surface area contributed by atoms with Gasteiger partial charge in [-0.15, -0.1) is 0 Å². The lowest BCUT2D eigenvalue weighted by Gasteiger charge is -2.79. The summed E-state index contributed by atoms with van der Waals surface area (Å²) in [6.07, 6.45) is 2.85. The quantitative estimate of drug-likeness (QED) is 0.360. The van der Waals surface area contributed by atoms with Crippen LogP contribution in [-0.4, -0.2) is 0 Å². The van der Waals surface area contributed by atoms with Gasteiger partial charge in [0, 0.05) is 0 Å². The lowest BCUT2D eigenvalue weighted by atomic mass is 9.25. The summed E-state index contributed by atoms with van der Waals surface area (Å²) >= 11 is 0. The van der Waals surface area contributed by atoms with E-state index in [2.05, 4.69) is 96.9 Å². The molecule has 15 atom stereocenters. The summed E-state index contributed by atoms with van der Waals surface area (Å²) in [6.45, 7) is 37.6. The molecule has 4 aliphatic rings. The summed E-state index contributed by atoms with van der Waals surface area (Å²) in [5.41, 5.74) is 2.09. The van der Waals surface area contributed by atoms with E-state index in [-0.39, 0.29) is 0 Å². The number of hydrogen-bond acceptors (Lipinski definition) is 0. The molecule has 0 spiro atoms. The first-order valence-corrected chi connectivity index (χ1v) is 14.0. The van der Waals surface area contributed by atoms with Crippen LogP contribution in [0.5, 0.6) is 0 Å². The van der Waals surface area contributed by atoms with Crippen molar-refractivity contribution in [2.24, 2.45) is 86.3 Å². The number of hydrogen-bond donors (Lipinski definition) is 0. The van der Waals surface area contributed by atoms with Crippen LogP contribution in [0.2, 0.25) is 0 Å². The Labute approximate surface area is 196 Å². The van der Waals surface area contributed by atoms with Crippen molar-refractivity contribution in [2.45, 2.75) is 110 Å². The molecule has 180 valence electrons. The number of fused-ring (bicyclic) bond motifs is 5. The molecule has 0 aliphatic heterocycles. The highest BCUT2D eigenvalue weighted by molar-refractivity contribution is 5.27. The van der Waals surface area contributed by atoms with E-state index in [1.165, 1.54) is 12.8 Å². The summed E-state index contributed by atoms with van der Waals surface area (Å²) in [7, 11) is 0. The van der Waals surface area contributed by atoms with Crippen LogP contribution in [0.4, 0.5) is 0 Å². The highest BCUT2D eigenvalue weighted by Crippen LogP contribution is 2.84. The SMILES string of the molecule is CC1C2[C@@]3(C)[C@H](C)C[C@H](C)[C@H](C)[C@@]3(C)[C@H](C)C[C@@]2(C)[C@@]2(C)[C@H](C)[C@H](C)[C@H](C)[C@@]2(C)[C@@H]1C. The molecule has 0 heteroatoms. The molecule has 0 aromatic heterocycles. The summed E-state index contributed by atoms with van der Waals surface area (Å²) in [4.78, 5) is 0. The van der Waals surface area contributed by atoms with Crippen LogP contribution in [0.1, 0.15) is 110 Å². The fourth-order valence-corrected chi connectivity index (χ4v) is 12.9. The predicted molar refractivity (Wildman–Crippen MR) is 136 cm³/mol. The first kappa shape index (κ1) is 24.1. The normalized spacial score (nSPS) is 68.7. The maximum absolute atomic E-state index is 2.80. The van der Waals surface area contributed by atoms with Gasteiger partial charge in [0.05, 0.1) is 0 Å². The average Bonchev–Trinajstić information content (AvgIpc) is 2.83. The van der Waals surface area contributed by atoms with Crippen LogP contribution in [-0.2, 0) is 0 Å². The lowest BCUT2D eigenvalue weighted by molar-refractivity contribution is -0.317.